The Labute approximate surface area is 162 Å². The molecule has 2 heterocycles. The first kappa shape index (κ1) is 19.0. The molecule has 7 nitrogen and oxygen atoms in total. The maximum Gasteiger partial charge on any atom is 0.261 e. The largest absolute Gasteiger partial charge is 0.481 e. The molecule has 1 aromatic heterocycles. The Morgan fingerprint density at radius 2 is 2.07 bits per heavy atom. The molecule has 8 heteroatoms. The third-order valence-corrected chi connectivity index (χ3v) is 5.22. The fourth-order valence-electron chi connectivity index (χ4n) is 2.89. The Morgan fingerprint density at radius 3 is 2.78 bits per heavy atom. The van der Waals surface area contributed by atoms with E-state index >= 15 is 0 Å². The molecule has 0 spiro atoms. The number of hydrogen-bond acceptors (Lipinski definition) is 7. The molecular formula is C19H22N4O3S. The Balaban J connectivity index is 1.85. The van der Waals surface area contributed by atoms with Gasteiger partial charge in [-0.3, -0.25) is 9.79 Å². The van der Waals surface area contributed by atoms with Crippen molar-refractivity contribution in [1.29, 1.82) is 0 Å². The van der Waals surface area contributed by atoms with E-state index in [0.717, 1.165) is 17.7 Å². The van der Waals surface area contributed by atoms with Gasteiger partial charge in [-0.25, -0.2) is 0 Å². The van der Waals surface area contributed by atoms with Crippen molar-refractivity contribution in [3.05, 3.63) is 47.5 Å². The van der Waals surface area contributed by atoms with Crippen LogP contribution in [0, 0.1) is 0 Å². The van der Waals surface area contributed by atoms with E-state index in [4.69, 9.17) is 15.2 Å². The summed E-state index contributed by atoms with van der Waals surface area (Å²) in [6.45, 7) is 2.05. The van der Waals surface area contributed by atoms with E-state index in [0.29, 0.717) is 22.3 Å². The number of nitrogens with zero attached hydrogens (tertiary/aromatic N) is 2. The van der Waals surface area contributed by atoms with Gasteiger partial charge < -0.3 is 20.5 Å². The van der Waals surface area contributed by atoms with Crippen LogP contribution >= 0.6 is 11.8 Å². The van der Waals surface area contributed by atoms with E-state index in [2.05, 4.69) is 22.2 Å². The van der Waals surface area contributed by atoms with Crippen molar-refractivity contribution in [3.8, 4) is 11.8 Å². The first-order valence-corrected chi connectivity index (χ1v) is 9.43. The molecule has 0 saturated heterocycles. The maximum absolute atomic E-state index is 12.7. The van der Waals surface area contributed by atoms with Crippen molar-refractivity contribution in [2.45, 2.75) is 18.9 Å². The second-order valence-electron chi connectivity index (χ2n) is 6.27. The smallest absolute Gasteiger partial charge is 0.261 e. The number of aromatic nitrogens is 1. The number of thioether (sulfide) groups is 1. The highest BCUT2D eigenvalue weighted by molar-refractivity contribution is 8.13. The summed E-state index contributed by atoms with van der Waals surface area (Å²) in [4.78, 5) is 21.4. The van der Waals surface area contributed by atoms with E-state index in [9.17, 15) is 4.79 Å². The number of nitrogens with one attached hydrogen (secondary N) is 1. The van der Waals surface area contributed by atoms with Crippen LogP contribution in [-0.4, -0.2) is 36.0 Å². The number of rotatable bonds is 5. The lowest BCUT2D eigenvalue weighted by atomic mass is 9.89. The highest BCUT2D eigenvalue weighted by Crippen LogP contribution is 2.36. The zero-order valence-electron chi connectivity index (χ0n) is 15.5. The normalized spacial score (nSPS) is 19.1. The summed E-state index contributed by atoms with van der Waals surface area (Å²) in [7, 11) is 2.97. The van der Waals surface area contributed by atoms with Crippen LogP contribution < -0.4 is 20.5 Å². The molecule has 0 saturated carbocycles. The molecule has 3 rings (SSSR count). The highest BCUT2D eigenvalue weighted by atomic mass is 32.2. The number of carbonyl (C=O) groups is 1. The van der Waals surface area contributed by atoms with Crippen molar-refractivity contribution in [3.63, 3.8) is 0 Å². The number of benzene rings is 1. The number of anilines is 1. The molecular weight excluding hydrogens is 364 g/mol. The lowest BCUT2D eigenvalue weighted by Gasteiger charge is -2.30. The molecule has 142 valence electrons. The first-order chi connectivity index (χ1) is 12.9. The van der Waals surface area contributed by atoms with Gasteiger partial charge in [0.2, 0.25) is 11.8 Å². The summed E-state index contributed by atoms with van der Waals surface area (Å²) >= 11 is 1.56. The molecule has 3 N–H and O–H groups in total. The van der Waals surface area contributed by atoms with Crippen LogP contribution in [-0.2, 0) is 5.54 Å². The minimum atomic E-state index is -0.393. The van der Waals surface area contributed by atoms with Crippen LogP contribution in [0.25, 0.3) is 0 Å². The van der Waals surface area contributed by atoms with Gasteiger partial charge >= 0.3 is 0 Å². The number of amidine groups is 1. The lowest BCUT2D eigenvalue weighted by molar-refractivity contribution is 0.102. The standard InChI is InChI=1S/C19H22N4O3S/c1-19(9-10-27-18(20)23-19)12-5-4-6-13(11-12)21-16(24)14-7-8-15(25-2)22-17(14)26-3/h4-8,11H,9-10H2,1-3H3,(H2,20,23)(H,21,24). The van der Waals surface area contributed by atoms with E-state index in [1.54, 1.807) is 23.9 Å². The number of methoxy groups -OCH3 is 2. The second kappa shape index (κ2) is 7.87. The Bertz CT molecular complexity index is 887. The van der Waals surface area contributed by atoms with Gasteiger partial charge in [0.1, 0.15) is 5.56 Å². The van der Waals surface area contributed by atoms with Gasteiger partial charge in [0.15, 0.2) is 5.17 Å². The molecule has 2 aromatic rings. The van der Waals surface area contributed by atoms with Gasteiger partial charge in [0, 0.05) is 17.5 Å². The number of ether oxygens (including phenoxy) is 2. The fourth-order valence-corrected chi connectivity index (χ4v) is 3.87. The molecule has 0 fully saturated rings. The molecule has 0 radical (unpaired) electrons. The summed E-state index contributed by atoms with van der Waals surface area (Å²) in [5, 5.41) is 3.48. The molecule has 1 amide bonds. The lowest BCUT2D eigenvalue weighted by Crippen LogP contribution is -2.28. The number of nitrogens with two attached hydrogens (primary N) is 1. The average molecular weight is 386 g/mol. The Kier molecular flexibility index (Phi) is 5.55. The fraction of sp³-hybridized carbons (Fsp3) is 0.316. The zero-order valence-corrected chi connectivity index (χ0v) is 16.3. The van der Waals surface area contributed by atoms with Crippen molar-refractivity contribution in [2.24, 2.45) is 10.7 Å². The third-order valence-electron chi connectivity index (χ3n) is 4.42. The third kappa shape index (κ3) is 4.16. The second-order valence-corrected chi connectivity index (χ2v) is 7.38. The van der Waals surface area contributed by atoms with Gasteiger partial charge in [-0.05, 0) is 37.1 Å². The van der Waals surface area contributed by atoms with Crippen LogP contribution in [0.2, 0.25) is 0 Å². The number of hydrogen-bond donors (Lipinski definition) is 2. The summed E-state index contributed by atoms with van der Waals surface area (Å²) in [6.07, 6.45) is 0.881. The SMILES string of the molecule is COc1ccc(C(=O)Nc2cccc(C3(C)CCSC(N)=N3)c2)c(OC)n1. The topological polar surface area (TPSA) is 98.8 Å². The summed E-state index contributed by atoms with van der Waals surface area (Å²) < 4.78 is 10.3. The van der Waals surface area contributed by atoms with Crippen LogP contribution in [0.5, 0.6) is 11.8 Å². The molecule has 1 aromatic carbocycles. The van der Waals surface area contributed by atoms with E-state index in [1.807, 2.05) is 24.3 Å². The van der Waals surface area contributed by atoms with Gasteiger partial charge in [-0.15, -0.1) is 0 Å². The molecule has 1 aliphatic heterocycles. The van der Waals surface area contributed by atoms with E-state index in [1.165, 1.54) is 14.2 Å². The molecule has 0 bridgehead atoms. The zero-order chi connectivity index (χ0) is 19.4. The number of pyridine rings is 1. The van der Waals surface area contributed by atoms with Crippen molar-refractivity contribution in [1.82, 2.24) is 4.98 Å². The molecule has 27 heavy (non-hydrogen) atoms. The Hall–Kier alpha value is -2.74. The van der Waals surface area contributed by atoms with Gasteiger partial charge in [-0.1, -0.05) is 23.9 Å². The van der Waals surface area contributed by atoms with Crippen LogP contribution in [0.1, 0.15) is 29.3 Å². The van der Waals surface area contributed by atoms with Crippen molar-refractivity contribution in [2.75, 3.05) is 25.3 Å². The van der Waals surface area contributed by atoms with Gasteiger partial charge in [-0.2, -0.15) is 4.98 Å². The number of amides is 1. The quantitative estimate of drug-likeness (QED) is 0.820. The molecule has 1 atom stereocenters. The van der Waals surface area contributed by atoms with E-state index < -0.39 is 5.54 Å². The minimum absolute atomic E-state index is 0.205. The minimum Gasteiger partial charge on any atom is -0.481 e. The Morgan fingerprint density at radius 1 is 1.26 bits per heavy atom. The predicted octanol–water partition coefficient (Wildman–Crippen LogP) is 3.02. The predicted molar refractivity (Wildman–Crippen MR) is 108 cm³/mol. The van der Waals surface area contributed by atoms with Crippen LogP contribution in [0.15, 0.2) is 41.4 Å². The van der Waals surface area contributed by atoms with Crippen molar-refractivity contribution >= 4 is 28.5 Å². The summed E-state index contributed by atoms with van der Waals surface area (Å²) in [5.41, 5.74) is 7.52. The monoisotopic (exact) mass is 386 g/mol. The number of aliphatic imine (C=N–C) groups is 1. The first-order valence-electron chi connectivity index (χ1n) is 8.44. The van der Waals surface area contributed by atoms with Gasteiger partial charge in [0.05, 0.1) is 19.8 Å². The van der Waals surface area contributed by atoms with Crippen LogP contribution in [0.3, 0.4) is 0 Å². The maximum atomic E-state index is 12.7. The summed E-state index contributed by atoms with van der Waals surface area (Å²) in [5.74, 6) is 1.18. The van der Waals surface area contributed by atoms with Crippen LogP contribution in [0.4, 0.5) is 5.69 Å². The van der Waals surface area contributed by atoms with Crippen molar-refractivity contribution < 1.29 is 14.3 Å². The number of carbonyl (C=O) groups excluding carboxylic acids is 1. The summed E-state index contributed by atoms with van der Waals surface area (Å²) in [6, 6.07) is 10.9. The molecule has 1 aliphatic rings. The van der Waals surface area contributed by atoms with E-state index in [-0.39, 0.29) is 11.8 Å². The molecule has 1 unspecified atom stereocenters. The average Bonchev–Trinajstić information content (AvgIpc) is 2.67. The molecule has 0 aliphatic carbocycles. The van der Waals surface area contributed by atoms with Gasteiger partial charge in [0.25, 0.3) is 5.91 Å². The highest BCUT2D eigenvalue weighted by Gasteiger charge is 2.29.